The third kappa shape index (κ3) is 1.64. The number of carbonyl (C=O) groups is 1. The van der Waals surface area contributed by atoms with Crippen LogP contribution in [0, 0.1) is 0 Å². The fourth-order valence-corrected chi connectivity index (χ4v) is 1.49. The van der Waals surface area contributed by atoms with Crippen LogP contribution >= 0.6 is 7.82 Å². The van der Waals surface area contributed by atoms with Crippen LogP contribution in [0.1, 0.15) is 6.92 Å². The minimum Gasteiger partial charge on any atom is -0.302 e. The van der Waals surface area contributed by atoms with Crippen molar-refractivity contribution in [1.82, 2.24) is 0 Å². The summed E-state index contributed by atoms with van der Waals surface area (Å²) < 4.78 is 19.1. The Bertz CT molecular complexity index is 200. The van der Waals surface area contributed by atoms with Crippen molar-refractivity contribution in [2.75, 3.05) is 6.61 Å². The lowest BCUT2D eigenvalue weighted by Crippen LogP contribution is -2.18. The second kappa shape index (κ2) is 2.43. The summed E-state index contributed by atoms with van der Waals surface area (Å²) in [7, 11) is -3.87. The maximum absolute atomic E-state index is 10.5. The van der Waals surface area contributed by atoms with Crippen LogP contribution in [0.2, 0.25) is 0 Å². The fraction of sp³-hybridized carbons (Fsp3) is 0.750. The molecule has 1 N–H and O–H groups in total. The van der Waals surface area contributed by atoms with Gasteiger partial charge in [0, 0.05) is 0 Å². The van der Waals surface area contributed by atoms with E-state index >= 15 is 0 Å². The number of carbonyl (C=O) groups excluding carboxylic acids is 1. The average molecular weight is 166 g/mol. The molecule has 0 aromatic rings. The van der Waals surface area contributed by atoms with Gasteiger partial charge < -0.3 is 4.89 Å². The van der Waals surface area contributed by atoms with Gasteiger partial charge in [0.15, 0.2) is 11.9 Å². The highest BCUT2D eigenvalue weighted by Crippen LogP contribution is 2.49. The molecule has 0 spiro atoms. The van der Waals surface area contributed by atoms with Gasteiger partial charge in [-0.25, -0.2) is 4.57 Å². The molecule has 0 aromatic carbocycles. The van der Waals surface area contributed by atoms with E-state index < -0.39 is 13.9 Å². The van der Waals surface area contributed by atoms with Gasteiger partial charge >= 0.3 is 7.82 Å². The molecule has 0 aliphatic carbocycles. The van der Waals surface area contributed by atoms with Gasteiger partial charge in [-0.3, -0.25) is 13.8 Å². The van der Waals surface area contributed by atoms with E-state index in [1.54, 1.807) is 0 Å². The van der Waals surface area contributed by atoms with Crippen LogP contribution in [0.25, 0.3) is 0 Å². The SMILES string of the molecule is CC(=O)C1COP(=O)(O)O1. The van der Waals surface area contributed by atoms with Crippen molar-refractivity contribution in [2.45, 2.75) is 13.0 Å². The Morgan fingerprint density at radius 1 is 1.80 bits per heavy atom. The maximum Gasteiger partial charge on any atom is 0.473 e. The number of rotatable bonds is 1. The van der Waals surface area contributed by atoms with Crippen molar-refractivity contribution in [3.8, 4) is 0 Å². The number of hydrogen-bond acceptors (Lipinski definition) is 4. The Kier molecular flexibility index (Phi) is 1.92. The molecule has 0 radical (unpaired) electrons. The monoisotopic (exact) mass is 166 g/mol. The van der Waals surface area contributed by atoms with Crippen molar-refractivity contribution in [2.24, 2.45) is 0 Å². The van der Waals surface area contributed by atoms with Crippen LogP contribution in [0.5, 0.6) is 0 Å². The zero-order valence-corrected chi connectivity index (χ0v) is 6.21. The smallest absolute Gasteiger partial charge is 0.302 e. The van der Waals surface area contributed by atoms with Gasteiger partial charge in [0.05, 0.1) is 6.61 Å². The van der Waals surface area contributed by atoms with Crippen molar-refractivity contribution >= 4 is 13.6 Å². The molecule has 1 aliphatic heterocycles. The first-order valence-corrected chi connectivity index (χ1v) is 4.17. The van der Waals surface area contributed by atoms with Gasteiger partial charge in [0.1, 0.15) is 0 Å². The van der Waals surface area contributed by atoms with E-state index in [0.29, 0.717) is 0 Å². The summed E-state index contributed by atoms with van der Waals surface area (Å²) in [5.41, 5.74) is 0. The fourth-order valence-electron chi connectivity index (χ4n) is 0.575. The van der Waals surface area contributed by atoms with Crippen LogP contribution in [0.4, 0.5) is 0 Å². The van der Waals surface area contributed by atoms with E-state index in [1.807, 2.05) is 0 Å². The number of hydrogen-bond donors (Lipinski definition) is 1. The van der Waals surface area contributed by atoms with Crippen LogP contribution in [-0.4, -0.2) is 23.4 Å². The van der Waals surface area contributed by atoms with Crippen LogP contribution < -0.4 is 0 Å². The van der Waals surface area contributed by atoms with E-state index in [0.717, 1.165) is 0 Å². The molecule has 1 rings (SSSR count). The highest BCUT2D eigenvalue weighted by atomic mass is 31.2. The first-order valence-electron chi connectivity index (χ1n) is 2.67. The molecule has 58 valence electrons. The average Bonchev–Trinajstić information content (AvgIpc) is 2.10. The summed E-state index contributed by atoms with van der Waals surface area (Å²) in [5, 5.41) is 0. The Balaban J connectivity index is 2.60. The molecular formula is C4H7O5P. The molecule has 1 fully saturated rings. The molecule has 0 aromatic heterocycles. The molecule has 6 heteroatoms. The molecule has 0 amide bonds. The summed E-state index contributed by atoms with van der Waals surface area (Å²) in [4.78, 5) is 19.1. The molecule has 0 saturated carbocycles. The van der Waals surface area contributed by atoms with E-state index in [2.05, 4.69) is 9.05 Å². The molecule has 1 heterocycles. The van der Waals surface area contributed by atoms with Gasteiger partial charge in [-0.15, -0.1) is 0 Å². The Morgan fingerprint density at radius 2 is 2.40 bits per heavy atom. The normalized spacial score (nSPS) is 40.0. The number of phosphoric ester groups is 1. The molecule has 0 bridgehead atoms. The zero-order chi connectivity index (χ0) is 7.78. The minimum absolute atomic E-state index is 0.122. The van der Waals surface area contributed by atoms with Crippen molar-refractivity contribution in [1.29, 1.82) is 0 Å². The van der Waals surface area contributed by atoms with Crippen molar-refractivity contribution < 1.29 is 23.3 Å². The Morgan fingerprint density at radius 3 is 2.60 bits per heavy atom. The molecule has 10 heavy (non-hydrogen) atoms. The first kappa shape index (κ1) is 7.88. The largest absolute Gasteiger partial charge is 0.473 e. The molecule has 2 atom stereocenters. The summed E-state index contributed by atoms with van der Waals surface area (Å²) in [5.74, 6) is -0.299. The maximum atomic E-state index is 10.5. The Labute approximate surface area is 57.6 Å². The van der Waals surface area contributed by atoms with E-state index in [4.69, 9.17) is 4.89 Å². The number of phosphoric acid groups is 1. The topological polar surface area (TPSA) is 72.8 Å². The van der Waals surface area contributed by atoms with E-state index in [-0.39, 0.29) is 12.4 Å². The summed E-state index contributed by atoms with van der Waals surface area (Å²) in [6.45, 7) is 1.16. The minimum atomic E-state index is -3.87. The highest BCUT2D eigenvalue weighted by Gasteiger charge is 2.37. The second-order valence-electron chi connectivity index (χ2n) is 1.97. The quantitative estimate of drug-likeness (QED) is 0.559. The molecule has 1 saturated heterocycles. The highest BCUT2D eigenvalue weighted by molar-refractivity contribution is 7.47. The van der Waals surface area contributed by atoms with Crippen LogP contribution in [0.3, 0.4) is 0 Å². The lowest BCUT2D eigenvalue weighted by atomic mass is 10.3. The van der Waals surface area contributed by atoms with Crippen molar-refractivity contribution in [3.63, 3.8) is 0 Å². The first-order chi connectivity index (χ1) is 4.51. The predicted octanol–water partition coefficient (Wildman–Crippen LogP) is 0.0912. The van der Waals surface area contributed by atoms with E-state index in [9.17, 15) is 9.36 Å². The third-order valence-corrected chi connectivity index (χ3v) is 2.10. The van der Waals surface area contributed by atoms with E-state index in [1.165, 1.54) is 6.92 Å². The lowest BCUT2D eigenvalue weighted by molar-refractivity contribution is -0.123. The van der Waals surface area contributed by atoms with Crippen LogP contribution in [0.15, 0.2) is 0 Å². The van der Waals surface area contributed by atoms with Gasteiger partial charge in [-0.05, 0) is 6.92 Å². The molecule has 1 aliphatic rings. The lowest BCUT2D eigenvalue weighted by Gasteiger charge is -2.00. The summed E-state index contributed by atoms with van der Waals surface area (Å²) in [6.07, 6.45) is -0.865. The summed E-state index contributed by atoms with van der Waals surface area (Å²) >= 11 is 0. The van der Waals surface area contributed by atoms with Gasteiger partial charge in [0.25, 0.3) is 0 Å². The molecule has 2 unspecified atom stereocenters. The molecule has 5 nitrogen and oxygen atoms in total. The second-order valence-corrected chi connectivity index (χ2v) is 3.38. The molecular weight excluding hydrogens is 159 g/mol. The zero-order valence-electron chi connectivity index (χ0n) is 5.31. The van der Waals surface area contributed by atoms with Gasteiger partial charge in [0.2, 0.25) is 0 Å². The van der Waals surface area contributed by atoms with Crippen LogP contribution in [-0.2, 0) is 18.4 Å². The number of Topliss-reactive ketones (excluding diaryl/α,β-unsaturated/α-hetero) is 1. The van der Waals surface area contributed by atoms with Gasteiger partial charge in [-0.1, -0.05) is 0 Å². The predicted molar refractivity (Wildman–Crippen MR) is 31.3 cm³/mol. The standard InChI is InChI=1S/C4H7O5P/c1-3(5)4-2-8-10(6,7)9-4/h4H,2H2,1H3,(H,6,7). The summed E-state index contributed by atoms with van der Waals surface area (Å²) in [6, 6.07) is 0. The Hall–Kier alpha value is -0.220. The third-order valence-electron chi connectivity index (χ3n) is 1.10. The number of ketones is 1. The van der Waals surface area contributed by atoms with Gasteiger partial charge in [-0.2, -0.15) is 0 Å². The van der Waals surface area contributed by atoms with Crippen molar-refractivity contribution in [3.05, 3.63) is 0 Å².